The highest BCUT2D eigenvalue weighted by molar-refractivity contribution is 6.34. The van der Waals surface area contributed by atoms with Crippen LogP contribution in [0.3, 0.4) is 0 Å². The Labute approximate surface area is 382 Å². The van der Waals surface area contributed by atoms with Gasteiger partial charge in [0.25, 0.3) is 0 Å². The van der Waals surface area contributed by atoms with Crippen LogP contribution in [-0.2, 0) is 68.4 Å². The van der Waals surface area contributed by atoms with Crippen LogP contribution in [0.1, 0.15) is 97.0 Å². The molecule has 2 aromatic carbocycles. The summed E-state index contributed by atoms with van der Waals surface area (Å²) in [6.07, 6.45) is 8.81. The van der Waals surface area contributed by atoms with E-state index in [-0.39, 0.29) is 55.7 Å². The van der Waals surface area contributed by atoms with Crippen LogP contribution in [0.25, 0.3) is 11.1 Å². The number of methoxy groups -OCH3 is 2. The molecule has 0 saturated heterocycles. The first-order chi connectivity index (χ1) is 31.1. The van der Waals surface area contributed by atoms with Crippen LogP contribution < -0.4 is 9.47 Å². The number of rotatable bonds is 30. The van der Waals surface area contributed by atoms with Crippen LogP contribution in [0.5, 0.6) is 11.5 Å². The molecule has 1 fully saturated rings. The second kappa shape index (κ2) is 28.3. The maximum absolute atomic E-state index is 13.1. The Morgan fingerprint density at radius 2 is 1.17 bits per heavy atom. The van der Waals surface area contributed by atoms with Gasteiger partial charge in [-0.3, -0.25) is 14.4 Å². The van der Waals surface area contributed by atoms with Crippen molar-refractivity contribution in [2.24, 2.45) is 17.3 Å². The molecule has 0 radical (unpaired) electrons. The third-order valence-corrected chi connectivity index (χ3v) is 11.0. The van der Waals surface area contributed by atoms with Crippen LogP contribution in [0, 0.1) is 17.3 Å². The fraction of sp³-hybridized carbons (Fsp3) is 0.540. The van der Waals surface area contributed by atoms with E-state index in [0.717, 1.165) is 36.8 Å². The van der Waals surface area contributed by atoms with Crippen molar-refractivity contribution in [2.45, 2.75) is 97.8 Å². The summed E-state index contributed by atoms with van der Waals surface area (Å²) in [5.41, 5.74) is 0.870. The Hall–Kier alpha value is -5.67. The smallest absolute Gasteiger partial charge is 0.374 e. The summed E-state index contributed by atoms with van der Waals surface area (Å²) in [6, 6.07) is 12.5. The highest BCUT2D eigenvalue weighted by Gasteiger charge is 2.39. The summed E-state index contributed by atoms with van der Waals surface area (Å²) in [7, 11) is 2.73. The molecular weight excluding hydrogens is 841 g/mol. The molecule has 3 rings (SSSR count). The highest BCUT2D eigenvalue weighted by Crippen LogP contribution is 2.34. The van der Waals surface area contributed by atoms with Gasteiger partial charge in [-0.1, -0.05) is 64.0 Å². The Kier molecular flexibility index (Phi) is 23.4. The fourth-order valence-electron chi connectivity index (χ4n) is 6.95. The minimum atomic E-state index is -1.66. The van der Waals surface area contributed by atoms with Crippen molar-refractivity contribution >= 4 is 41.4 Å². The second-order valence-electron chi connectivity index (χ2n) is 16.6. The number of carbonyl (C=O) groups is 7. The molecule has 0 unspecified atom stereocenters. The van der Waals surface area contributed by atoms with E-state index in [0.29, 0.717) is 35.8 Å². The Morgan fingerprint density at radius 1 is 0.631 bits per heavy atom. The topological polar surface area (TPSA) is 193 Å². The Balaban J connectivity index is 1.91. The second-order valence-corrected chi connectivity index (χ2v) is 16.6. The average Bonchev–Trinajstić information content (AvgIpc) is 3.30. The summed E-state index contributed by atoms with van der Waals surface area (Å²) in [6.45, 7) is 10.1. The SMILES string of the molecule is C=C(C)C(=O)OCCCc1cc(-c2ccc(OC(=O)C3CCC(CCCCC)CC3)cc2)ccc1OCC(COC(=O)C(=C)C)(COC(=O)C(=O)CCOC)COC(=O)C(=O)CCOC. The summed E-state index contributed by atoms with van der Waals surface area (Å²) >= 11 is 0. The quantitative estimate of drug-likeness (QED) is 0.0187. The van der Waals surface area contributed by atoms with E-state index in [9.17, 15) is 33.6 Å². The molecule has 1 saturated carbocycles. The first kappa shape index (κ1) is 53.7. The van der Waals surface area contributed by atoms with Gasteiger partial charge in [-0.25, -0.2) is 19.2 Å². The minimum absolute atomic E-state index is 0.0392. The standard InChI is InChI=1S/C50H66O15/c1-8-9-10-12-36-14-16-38(17-15-36)47(55)65-41-21-18-37(19-22-41)39-20-23-44(40(29-39)13-11-26-60-45(53)34(2)3)61-30-50(31-62-46(54)35(4)5,32-63-48(56)42(51)24-27-58-6)33-64-49(57)43(52)25-28-59-7/h18-23,29,36,38H,2,4,8-17,24-28,30-33H2,1,3,5-7H3. The van der Waals surface area contributed by atoms with Gasteiger partial charge in [0.05, 0.1) is 25.7 Å². The van der Waals surface area contributed by atoms with Gasteiger partial charge in [-0.15, -0.1) is 0 Å². The maximum atomic E-state index is 13.1. The first-order valence-electron chi connectivity index (χ1n) is 22.2. The van der Waals surface area contributed by atoms with Gasteiger partial charge in [-0.05, 0) is 99.2 Å². The normalized spacial score (nSPS) is 14.7. The molecule has 15 nitrogen and oxygen atoms in total. The molecule has 0 spiro atoms. The van der Waals surface area contributed by atoms with Crippen molar-refractivity contribution in [3.63, 3.8) is 0 Å². The predicted octanol–water partition coefficient (Wildman–Crippen LogP) is 7.48. The molecule has 15 heteroatoms. The molecule has 2 aromatic rings. The monoisotopic (exact) mass is 906 g/mol. The minimum Gasteiger partial charge on any atom is -0.492 e. The lowest BCUT2D eigenvalue weighted by Gasteiger charge is -2.32. The van der Waals surface area contributed by atoms with E-state index in [4.69, 9.17) is 37.9 Å². The van der Waals surface area contributed by atoms with Gasteiger partial charge in [0.1, 0.15) is 43.3 Å². The number of ketones is 2. The van der Waals surface area contributed by atoms with Crippen molar-refractivity contribution in [1.82, 2.24) is 0 Å². The molecular formula is C50H66O15. The lowest BCUT2D eigenvalue weighted by Crippen LogP contribution is -2.45. The van der Waals surface area contributed by atoms with Crippen LogP contribution in [0.15, 0.2) is 66.8 Å². The van der Waals surface area contributed by atoms with Crippen molar-refractivity contribution in [3.8, 4) is 22.6 Å². The lowest BCUT2D eigenvalue weighted by molar-refractivity contribution is -0.169. The van der Waals surface area contributed by atoms with Crippen molar-refractivity contribution in [3.05, 3.63) is 72.3 Å². The first-order valence-corrected chi connectivity index (χ1v) is 22.2. The highest BCUT2D eigenvalue weighted by atomic mass is 16.6. The molecule has 65 heavy (non-hydrogen) atoms. The molecule has 1 aliphatic rings. The van der Waals surface area contributed by atoms with Crippen LogP contribution in [-0.4, -0.2) is 102 Å². The number of hydrogen-bond donors (Lipinski definition) is 0. The molecule has 0 amide bonds. The van der Waals surface area contributed by atoms with Crippen LogP contribution in [0.2, 0.25) is 0 Å². The summed E-state index contributed by atoms with van der Waals surface area (Å²) in [5, 5.41) is 0. The molecule has 0 aliphatic heterocycles. The van der Waals surface area contributed by atoms with E-state index in [2.05, 4.69) is 20.1 Å². The molecule has 0 aromatic heterocycles. The number of hydrogen-bond acceptors (Lipinski definition) is 15. The van der Waals surface area contributed by atoms with E-state index in [1.807, 2.05) is 18.2 Å². The van der Waals surface area contributed by atoms with Gasteiger partial charge in [0.15, 0.2) is 0 Å². The predicted molar refractivity (Wildman–Crippen MR) is 240 cm³/mol. The summed E-state index contributed by atoms with van der Waals surface area (Å²) in [5.74, 6) is -4.45. The molecule has 0 bridgehead atoms. The summed E-state index contributed by atoms with van der Waals surface area (Å²) in [4.78, 5) is 88.5. The van der Waals surface area contributed by atoms with E-state index in [1.165, 1.54) is 46.8 Å². The van der Waals surface area contributed by atoms with E-state index >= 15 is 0 Å². The molecule has 0 atom stereocenters. The largest absolute Gasteiger partial charge is 0.492 e. The van der Waals surface area contributed by atoms with Gasteiger partial charge >= 0.3 is 29.8 Å². The zero-order chi connectivity index (χ0) is 47.8. The number of benzene rings is 2. The molecule has 1 aliphatic carbocycles. The number of esters is 5. The van der Waals surface area contributed by atoms with Gasteiger partial charge in [-0.2, -0.15) is 0 Å². The molecule has 0 heterocycles. The summed E-state index contributed by atoms with van der Waals surface area (Å²) < 4.78 is 43.6. The Morgan fingerprint density at radius 3 is 1.71 bits per heavy atom. The Bertz CT molecular complexity index is 1910. The third-order valence-electron chi connectivity index (χ3n) is 11.0. The lowest BCUT2D eigenvalue weighted by atomic mass is 9.80. The van der Waals surface area contributed by atoms with Crippen LogP contribution in [0.4, 0.5) is 0 Å². The molecule has 356 valence electrons. The number of carbonyl (C=O) groups excluding carboxylic acids is 7. The number of ether oxygens (including phenoxy) is 8. The maximum Gasteiger partial charge on any atom is 0.374 e. The number of Topliss-reactive ketones (excluding diaryl/α,β-unsaturated/α-hetero) is 2. The average molecular weight is 907 g/mol. The number of unbranched alkanes of at least 4 members (excludes halogenated alkanes) is 2. The number of aryl methyl sites for hydroxylation is 1. The molecule has 0 N–H and O–H groups in total. The van der Waals surface area contributed by atoms with Gasteiger partial charge < -0.3 is 37.9 Å². The van der Waals surface area contributed by atoms with Crippen molar-refractivity contribution in [2.75, 3.05) is 60.5 Å². The fourth-order valence-corrected chi connectivity index (χ4v) is 6.95. The van der Waals surface area contributed by atoms with E-state index < -0.39 is 67.3 Å². The van der Waals surface area contributed by atoms with Crippen molar-refractivity contribution in [1.29, 1.82) is 0 Å². The van der Waals surface area contributed by atoms with E-state index in [1.54, 1.807) is 31.2 Å². The third kappa shape index (κ3) is 18.8. The zero-order valence-electron chi connectivity index (χ0n) is 38.7. The van der Waals surface area contributed by atoms with Crippen LogP contribution >= 0.6 is 0 Å². The van der Waals surface area contributed by atoms with Crippen molar-refractivity contribution < 1.29 is 71.5 Å². The van der Waals surface area contributed by atoms with Gasteiger partial charge in [0.2, 0.25) is 11.6 Å². The van der Waals surface area contributed by atoms with Gasteiger partial charge in [0, 0.05) is 38.2 Å². The zero-order valence-corrected chi connectivity index (χ0v) is 38.7.